The third-order valence-corrected chi connectivity index (χ3v) is 3.05. The summed E-state index contributed by atoms with van der Waals surface area (Å²) >= 11 is 0. The van der Waals surface area contributed by atoms with Crippen molar-refractivity contribution >= 4 is 22.1 Å². The van der Waals surface area contributed by atoms with E-state index in [9.17, 15) is 5.11 Å². The summed E-state index contributed by atoms with van der Waals surface area (Å²) < 4.78 is 0. The van der Waals surface area contributed by atoms with E-state index in [2.05, 4.69) is 10.3 Å². The Morgan fingerprint density at radius 1 is 1.33 bits per heavy atom. The monoisotopic (exact) mass is 245 g/mol. The first-order chi connectivity index (χ1) is 8.53. The summed E-state index contributed by atoms with van der Waals surface area (Å²) in [6.07, 6.45) is 3.53. The Morgan fingerprint density at radius 3 is 2.83 bits per heavy atom. The second-order valence-electron chi connectivity index (χ2n) is 5.30. The van der Waals surface area contributed by atoms with E-state index in [-0.39, 0.29) is 12.0 Å². The van der Waals surface area contributed by atoms with Gasteiger partial charge in [0.15, 0.2) is 0 Å². The fourth-order valence-electron chi connectivity index (χ4n) is 1.74. The number of pyridine rings is 1. The van der Waals surface area contributed by atoms with Crippen LogP contribution in [0, 0.1) is 5.41 Å². The molecule has 4 N–H and O–H groups in total. The van der Waals surface area contributed by atoms with Gasteiger partial charge in [-0.1, -0.05) is 19.9 Å². The van der Waals surface area contributed by atoms with Gasteiger partial charge in [-0.15, -0.1) is 0 Å². The fraction of sp³-hybridized carbons (Fsp3) is 0.357. The van der Waals surface area contributed by atoms with Gasteiger partial charge in [-0.2, -0.15) is 0 Å². The van der Waals surface area contributed by atoms with Crippen LogP contribution in [0.4, 0.5) is 11.4 Å². The molecule has 0 fully saturated rings. The molecule has 1 heterocycles. The van der Waals surface area contributed by atoms with Gasteiger partial charge in [-0.05, 0) is 12.1 Å². The number of nitrogen functional groups attached to an aromatic ring is 1. The zero-order valence-electron chi connectivity index (χ0n) is 10.8. The summed E-state index contributed by atoms with van der Waals surface area (Å²) in [5.74, 6) is 0. The van der Waals surface area contributed by atoms with Crippen LogP contribution in [0.25, 0.3) is 10.8 Å². The molecule has 18 heavy (non-hydrogen) atoms. The molecule has 4 heteroatoms. The van der Waals surface area contributed by atoms with E-state index in [1.54, 1.807) is 12.4 Å². The van der Waals surface area contributed by atoms with E-state index >= 15 is 0 Å². The van der Waals surface area contributed by atoms with Crippen LogP contribution >= 0.6 is 0 Å². The topological polar surface area (TPSA) is 71.2 Å². The van der Waals surface area contributed by atoms with Crippen LogP contribution < -0.4 is 11.1 Å². The van der Waals surface area contributed by atoms with E-state index in [4.69, 9.17) is 5.73 Å². The highest BCUT2D eigenvalue weighted by molar-refractivity contribution is 5.98. The maximum atomic E-state index is 9.23. The summed E-state index contributed by atoms with van der Waals surface area (Å²) in [4.78, 5) is 4.07. The van der Waals surface area contributed by atoms with Crippen molar-refractivity contribution < 1.29 is 5.11 Å². The predicted octanol–water partition coefficient (Wildman–Crippen LogP) is 2.25. The first-order valence-corrected chi connectivity index (χ1v) is 6.00. The largest absolute Gasteiger partial charge is 0.397 e. The molecule has 4 nitrogen and oxygen atoms in total. The minimum Gasteiger partial charge on any atom is -0.397 e. The number of hydrogen-bond donors (Lipinski definition) is 3. The normalized spacial score (nSPS) is 11.7. The molecule has 1 aromatic carbocycles. The average Bonchev–Trinajstić information content (AvgIpc) is 2.38. The van der Waals surface area contributed by atoms with Crippen LogP contribution in [0.1, 0.15) is 13.8 Å². The van der Waals surface area contributed by atoms with Crippen molar-refractivity contribution in [2.24, 2.45) is 5.41 Å². The lowest BCUT2D eigenvalue weighted by Gasteiger charge is -2.23. The number of benzene rings is 1. The molecule has 0 bridgehead atoms. The zero-order valence-corrected chi connectivity index (χ0v) is 10.8. The molecule has 0 atom stereocenters. The maximum Gasteiger partial charge on any atom is 0.0630 e. The second-order valence-corrected chi connectivity index (χ2v) is 5.30. The molecule has 0 amide bonds. The van der Waals surface area contributed by atoms with Gasteiger partial charge in [0.2, 0.25) is 0 Å². The number of aliphatic hydroxyl groups excluding tert-OH is 1. The van der Waals surface area contributed by atoms with Gasteiger partial charge in [0.25, 0.3) is 0 Å². The minimum absolute atomic E-state index is 0.136. The van der Waals surface area contributed by atoms with Crippen LogP contribution in [-0.2, 0) is 0 Å². The molecule has 0 spiro atoms. The maximum absolute atomic E-state index is 9.23. The van der Waals surface area contributed by atoms with Gasteiger partial charge < -0.3 is 16.2 Å². The lowest BCUT2D eigenvalue weighted by molar-refractivity contribution is 0.171. The Bertz CT molecular complexity index is 552. The molecule has 0 aliphatic carbocycles. The number of nitrogens with zero attached hydrogens (tertiary/aromatic N) is 1. The molecule has 96 valence electrons. The van der Waals surface area contributed by atoms with Crippen molar-refractivity contribution in [3.05, 3.63) is 30.6 Å². The van der Waals surface area contributed by atoms with Crippen molar-refractivity contribution in [3.8, 4) is 0 Å². The summed E-state index contributed by atoms with van der Waals surface area (Å²) in [5.41, 5.74) is 7.59. The Balaban J connectivity index is 2.27. The van der Waals surface area contributed by atoms with Gasteiger partial charge in [0.1, 0.15) is 0 Å². The molecule has 0 unspecified atom stereocenters. The number of nitrogens with one attached hydrogen (secondary N) is 1. The Kier molecular flexibility index (Phi) is 3.39. The highest BCUT2D eigenvalue weighted by Crippen LogP contribution is 2.28. The Labute approximate surface area is 107 Å². The third kappa shape index (κ3) is 2.54. The average molecular weight is 245 g/mol. The quantitative estimate of drug-likeness (QED) is 0.722. The first kappa shape index (κ1) is 12.6. The number of aliphatic hydroxyl groups is 1. The third-order valence-electron chi connectivity index (χ3n) is 3.05. The molecule has 0 saturated carbocycles. The second kappa shape index (κ2) is 4.82. The van der Waals surface area contributed by atoms with Gasteiger partial charge in [0, 0.05) is 41.7 Å². The van der Waals surface area contributed by atoms with Crippen LogP contribution in [0.3, 0.4) is 0 Å². The van der Waals surface area contributed by atoms with Crippen LogP contribution in [0.15, 0.2) is 30.6 Å². The number of aromatic nitrogens is 1. The van der Waals surface area contributed by atoms with Crippen molar-refractivity contribution in [2.75, 3.05) is 24.2 Å². The molecule has 0 aliphatic heterocycles. The molecule has 0 saturated heterocycles. The number of anilines is 2. The molecule has 1 aromatic heterocycles. The first-order valence-electron chi connectivity index (χ1n) is 6.00. The van der Waals surface area contributed by atoms with E-state index in [1.165, 1.54) is 0 Å². The van der Waals surface area contributed by atoms with Gasteiger partial charge >= 0.3 is 0 Å². The summed E-state index contributed by atoms with van der Waals surface area (Å²) in [6, 6.07) is 5.85. The fourth-order valence-corrected chi connectivity index (χ4v) is 1.74. The van der Waals surface area contributed by atoms with E-state index in [0.717, 1.165) is 22.1 Å². The molecule has 2 aromatic rings. The smallest absolute Gasteiger partial charge is 0.0630 e. The number of rotatable bonds is 4. The number of nitrogens with two attached hydrogens (primary N) is 1. The predicted molar refractivity (Wildman–Crippen MR) is 75.5 cm³/mol. The minimum atomic E-state index is -0.167. The van der Waals surface area contributed by atoms with Crippen LogP contribution in [0.2, 0.25) is 0 Å². The highest BCUT2D eigenvalue weighted by atomic mass is 16.3. The molecule has 0 radical (unpaired) electrons. The Hall–Kier alpha value is -1.81. The van der Waals surface area contributed by atoms with Crippen LogP contribution in [0.5, 0.6) is 0 Å². The summed E-state index contributed by atoms with van der Waals surface area (Å²) in [5, 5.41) is 14.6. The standard InChI is InChI=1S/C14H19N3O/c1-14(2,9-18)8-17-12-4-3-10-7-16-6-5-11(10)13(12)15/h3-7,17-18H,8-9,15H2,1-2H3. The van der Waals surface area contributed by atoms with Gasteiger partial charge in [0.05, 0.1) is 11.4 Å². The summed E-state index contributed by atoms with van der Waals surface area (Å²) in [6.45, 7) is 4.81. The molecule has 2 rings (SSSR count). The van der Waals surface area contributed by atoms with E-state index < -0.39 is 0 Å². The van der Waals surface area contributed by atoms with E-state index in [1.807, 2.05) is 32.0 Å². The van der Waals surface area contributed by atoms with Crippen molar-refractivity contribution in [1.29, 1.82) is 0 Å². The Morgan fingerprint density at radius 2 is 2.11 bits per heavy atom. The molecule has 0 aliphatic rings. The summed E-state index contributed by atoms with van der Waals surface area (Å²) in [7, 11) is 0. The van der Waals surface area contributed by atoms with Crippen molar-refractivity contribution in [3.63, 3.8) is 0 Å². The highest BCUT2D eigenvalue weighted by Gasteiger charge is 2.16. The van der Waals surface area contributed by atoms with Gasteiger partial charge in [-0.25, -0.2) is 0 Å². The van der Waals surface area contributed by atoms with Gasteiger partial charge in [-0.3, -0.25) is 4.98 Å². The molecular weight excluding hydrogens is 226 g/mol. The SMILES string of the molecule is CC(C)(CO)CNc1ccc2cnccc2c1N. The van der Waals surface area contributed by atoms with E-state index in [0.29, 0.717) is 6.54 Å². The number of hydrogen-bond acceptors (Lipinski definition) is 4. The molecular formula is C14H19N3O. The zero-order chi connectivity index (χ0) is 13.2. The van der Waals surface area contributed by atoms with Crippen LogP contribution in [-0.4, -0.2) is 23.2 Å². The lowest BCUT2D eigenvalue weighted by atomic mass is 9.95. The number of fused-ring (bicyclic) bond motifs is 1. The van der Waals surface area contributed by atoms with Crippen molar-refractivity contribution in [1.82, 2.24) is 4.98 Å². The lowest BCUT2D eigenvalue weighted by Crippen LogP contribution is -2.27. The van der Waals surface area contributed by atoms with Crippen molar-refractivity contribution in [2.45, 2.75) is 13.8 Å².